The first kappa shape index (κ1) is 18.8. The highest BCUT2D eigenvalue weighted by Gasteiger charge is 2.41. The fourth-order valence-corrected chi connectivity index (χ4v) is 4.22. The van der Waals surface area contributed by atoms with Crippen molar-refractivity contribution in [3.63, 3.8) is 0 Å². The maximum atomic E-state index is 12.3. The molecule has 3 rings (SSSR count). The second kappa shape index (κ2) is 8.16. The fourth-order valence-electron chi connectivity index (χ4n) is 4.22. The van der Waals surface area contributed by atoms with E-state index in [0.717, 1.165) is 57.7 Å². The number of likely N-dealkylation sites (tertiary alicyclic amines) is 1. The Morgan fingerprint density at radius 3 is 2.85 bits per heavy atom. The molecule has 2 aliphatic rings. The number of carbonyl (C=O) groups is 2. The molecule has 0 radical (unpaired) electrons. The Morgan fingerprint density at radius 2 is 2.15 bits per heavy atom. The maximum Gasteiger partial charge on any atom is 0.222 e. The van der Waals surface area contributed by atoms with Crippen LogP contribution in [-0.4, -0.2) is 61.5 Å². The van der Waals surface area contributed by atoms with Crippen LogP contribution in [0, 0.1) is 5.41 Å². The third-order valence-electron chi connectivity index (χ3n) is 5.66. The average Bonchev–Trinajstić information content (AvgIpc) is 2.65. The number of piperidine rings is 2. The summed E-state index contributed by atoms with van der Waals surface area (Å²) in [5.41, 5.74) is 0.799. The van der Waals surface area contributed by atoms with Gasteiger partial charge in [-0.25, -0.2) is 4.98 Å². The minimum absolute atomic E-state index is 0.0386. The summed E-state index contributed by atoms with van der Waals surface area (Å²) in [5, 5.41) is 0. The third kappa shape index (κ3) is 4.23. The van der Waals surface area contributed by atoms with Crippen molar-refractivity contribution >= 4 is 17.5 Å². The predicted octanol–water partition coefficient (Wildman–Crippen LogP) is 2.53. The third-order valence-corrected chi connectivity index (χ3v) is 5.66. The molecular formula is C20H29N3O3. The molecule has 2 saturated heterocycles. The fraction of sp³-hybridized carbons (Fsp3) is 0.650. The lowest BCUT2D eigenvalue weighted by Crippen LogP contribution is -2.54. The van der Waals surface area contributed by atoms with Gasteiger partial charge in [-0.1, -0.05) is 0 Å². The number of anilines is 1. The lowest BCUT2D eigenvalue weighted by molar-refractivity contribution is -0.138. The number of ketones is 1. The SMILES string of the molecule is COCCCN1CC2(CCCN(c3ccc(C(C)=O)cn3)C2)CCC1=O. The predicted molar refractivity (Wildman–Crippen MR) is 100 cm³/mol. The molecule has 1 atom stereocenters. The normalized spacial score (nSPS) is 23.5. The van der Waals surface area contributed by atoms with Crippen LogP contribution in [0.15, 0.2) is 18.3 Å². The van der Waals surface area contributed by atoms with Gasteiger partial charge in [0, 0.05) is 63.5 Å². The van der Waals surface area contributed by atoms with E-state index >= 15 is 0 Å². The lowest BCUT2D eigenvalue weighted by Gasteiger charge is -2.48. The van der Waals surface area contributed by atoms with Gasteiger partial charge in [-0.05, 0) is 44.7 Å². The quantitative estimate of drug-likeness (QED) is 0.577. The summed E-state index contributed by atoms with van der Waals surface area (Å²) >= 11 is 0. The number of hydrogen-bond donors (Lipinski definition) is 0. The number of aromatic nitrogens is 1. The molecule has 0 aromatic carbocycles. The molecular weight excluding hydrogens is 330 g/mol. The molecule has 26 heavy (non-hydrogen) atoms. The molecule has 1 amide bonds. The van der Waals surface area contributed by atoms with Gasteiger partial charge in [0.15, 0.2) is 5.78 Å². The van der Waals surface area contributed by atoms with Gasteiger partial charge in [0.25, 0.3) is 0 Å². The Kier molecular flexibility index (Phi) is 5.91. The van der Waals surface area contributed by atoms with Crippen LogP contribution in [0.5, 0.6) is 0 Å². The van der Waals surface area contributed by atoms with Gasteiger partial charge >= 0.3 is 0 Å². The van der Waals surface area contributed by atoms with Gasteiger partial charge in [-0.15, -0.1) is 0 Å². The Morgan fingerprint density at radius 1 is 1.31 bits per heavy atom. The van der Waals surface area contributed by atoms with Crippen molar-refractivity contribution in [2.24, 2.45) is 5.41 Å². The van der Waals surface area contributed by atoms with E-state index in [9.17, 15) is 9.59 Å². The number of amides is 1. The molecule has 3 heterocycles. The molecule has 0 bridgehead atoms. The van der Waals surface area contributed by atoms with E-state index < -0.39 is 0 Å². The van der Waals surface area contributed by atoms with Crippen LogP contribution in [-0.2, 0) is 9.53 Å². The Bertz CT molecular complexity index is 646. The van der Waals surface area contributed by atoms with Crippen molar-refractivity contribution in [1.29, 1.82) is 0 Å². The standard InChI is InChI=1S/C20H29N3O3/c1-16(24)17-5-6-18(21-13-17)22-10-3-8-20(14-22)9-7-19(25)23(15-20)11-4-12-26-2/h5-6,13H,3-4,7-12,14-15H2,1-2H3. The lowest BCUT2D eigenvalue weighted by atomic mass is 9.73. The number of pyridine rings is 1. The first-order valence-corrected chi connectivity index (χ1v) is 9.52. The van der Waals surface area contributed by atoms with E-state index in [0.29, 0.717) is 18.6 Å². The van der Waals surface area contributed by atoms with Crippen molar-refractivity contribution in [1.82, 2.24) is 9.88 Å². The van der Waals surface area contributed by atoms with Gasteiger partial charge in [-0.2, -0.15) is 0 Å². The van der Waals surface area contributed by atoms with Crippen LogP contribution in [0.25, 0.3) is 0 Å². The molecule has 2 aliphatic heterocycles. The summed E-state index contributed by atoms with van der Waals surface area (Å²) in [6.07, 6.45) is 6.40. The summed E-state index contributed by atoms with van der Waals surface area (Å²) in [6.45, 7) is 5.76. The molecule has 1 unspecified atom stereocenters. The Labute approximate surface area is 155 Å². The molecule has 2 fully saturated rings. The Hall–Kier alpha value is -1.95. The first-order chi connectivity index (χ1) is 12.5. The Balaban J connectivity index is 1.68. The molecule has 6 nitrogen and oxygen atoms in total. The van der Waals surface area contributed by atoms with Gasteiger partial charge in [0.1, 0.15) is 5.82 Å². The molecule has 6 heteroatoms. The van der Waals surface area contributed by atoms with E-state index in [1.54, 1.807) is 20.2 Å². The number of Topliss-reactive ketones (excluding diaryl/α,β-unsaturated/α-hetero) is 1. The second-order valence-corrected chi connectivity index (χ2v) is 7.65. The average molecular weight is 359 g/mol. The van der Waals surface area contributed by atoms with Crippen molar-refractivity contribution < 1.29 is 14.3 Å². The highest BCUT2D eigenvalue weighted by atomic mass is 16.5. The summed E-state index contributed by atoms with van der Waals surface area (Å²) in [4.78, 5) is 32.6. The highest BCUT2D eigenvalue weighted by Crippen LogP contribution is 2.39. The number of hydrogen-bond acceptors (Lipinski definition) is 5. The largest absolute Gasteiger partial charge is 0.385 e. The zero-order chi connectivity index (χ0) is 18.6. The number of methoxy groups -OCH3 is 1. The van der Waals surface area contributed by atoms with E-state index in [2.05, 4.69) is 9.88 Å². The van der Waals surface area contributed by atoms with Gasteiger partial charge in [0.05, 0.1) is 0 Å². The monoisotopic (exact) mass is 359 g/mol. The first-order valence-electron chi connectivity index (χ1n) is 9.52. The minimum Gasteiger partial charge on any atom is -0.385 e. The number of ether oxygens (including phenoxy) is 1. The number of rotatable bonds is 6. The van der Waals surface area contributed by atoms with Crippen molar-refractivity contribution in [2.45, 2.75) is 39.0 Å². The topological polar surface area (TPSA) is 62.7 Å². The van der Waals surface area contributed by atoms with E-state index in [1.807, 2.05) is 17.0 Å². The minimum atomic E-state index is 0.0386. The van der Waals surface area contributed by atoms with Crippen LogP contribution < -0.4 is 4.90 Å². The molecule has 0 N–H and O–H groups in total. The summed E-state index contributed by atoms with van der Waals surface area (Å²) < 4.78 is 5.13. The van der Waals surface area contributed by atoms with Crippen molar-refractivity contribution in [3.8, 4) is 0 Å². The zero-order valence-electron chi connectivity index (χ0n) is 15.9. The smallest absolute Gasteiger partial charge is 0.222 e. The highest BCUT2D eigenvalue weighted by molar-refractivity contribution is 5.93. The molecule has 142 valence electrons. The van der Waals surface area contributed by atoms with Crippen LogP contribution in [0.4, 0.5) is 5.82 Å². The molecule has 1 aromatic rings. The summed E-state index contributed by atoms with van der Waals surface area (Å²) in [6, 6.07) is 3.80. The van der Waals surface area contributed by atoms with Gasteiger partial charge in [-0.3, -0.25) is 9.59 Å². The van der Waals surface area contributed by atoms with Crippen LogP contribution in [0.1, 0.15) is 49.4 Å². The van der Waals surface area contributed by atoms with Crippen LogP contribution in [0.3, 0.4) is 0 Å². The number of carbonyl (C=O) groups excluding carboxylic acids is 2. The molecule has 0 aliphatic carbocycles. The van der Waals surface area contributed by atoms with Gasteiger partial charge < -0.3 is 14.5 Å². The molecule has 0 saturated carbocycles. The second-order valence-electron chi connectivity index (χ2n) is 7.65. The van der Waals surface area contributed by atoms with E-state index in [1.165, 1.54) is 0 Å². The summed E-state index contributed by atoms with van der Waals surface area (Å²) in [5.74, 6) is 1.24. The number of nitrogens with zero attached hydrogens (tertiary/aromatic N) is 3. The summed E-state index contributed by atoms with van der Waals surface area (Å²) in [7, 11) is 1.70. The van der Waals surface area contributed by atoms with Crippen LogP contribution in [0.2, 0.25) is 0 Å². The van der Waals surface area contributed by atoms with Crippen LogP contribution >= 0.6 is 0 Å². The zero-order valence-corrected chi connectivity index (χ0v) is 15.9. The van der Waals surface area contributed by atoms with Gasteiger partial charge in [0.2, 0.25) is 5.91 Å². The van der Waals surface area contributed by atoms with E-state index in [-0.39, 0.29) is 17.1 Å². The maximum absolute atomic E-state index is 12.3. The van der Waals surface area contributed by atoms with Crippen molar-refractivity contribution in [2.75, 3.05) is 44.8 Å². The molecule has 1 spiro atoms. The van der Waals surface area contributed by atoms with Crippen molar-refractivity contribution in [3.05, 3.63) is 23.9 Å². The molecule has 1 aromatic heterocycles. The van der Waals surface area contributed by atoms with E-state index in [4.69, 9.17) is 4.74 Å².